The first kappa shape index (κ1) is 10.7. The predicted molar refractivity (Wildman–Crippen MR) is 59.5 cm³/mol. The summed E-state index contributed by atoms with van der Waals surface area (Å²) < 4.78 is 27.6. The van der Waals surface area contributed by atoms with Crippen LogP contribution < -0.4 is 10.1 Å². The third-order valence-corrected chi connectivity index (χ3v) is 3.51. The Morgan fingerprint density at radius 1 is 1.47 bits per heavy atom. The van der Waals surface area contributed by atoms with Gasteiger partial charge in [-0.1, -0.05) is 12.1 Å². The van der Waals surface area contributed by atoms with Crippen LogP contribution in [0.15, 0.2) is 23.1 Å². The largest absolute Gasteiger partial charge is 0.430 e. The second kappa shape index (κ2) is 3.62. The summed E-state index contributed by atoms with van der Waals surface area (Å²) >= 11 is 4.79. The maximum atomic E-state index is 11.2. The molecular formula is C8H6ClNO3S2. The highest BCUT2D eigenvalue weighted by atomic mass is 35.7. The van der Waals surface area contributed by atoms with Crippen LogP contribution in [-0.2, 0) is 15.6 Å². The van der Waals surface area contributed by atoms with Gasteiger partial charge >= 0.3 is 0 Å². The molecule has 4 nitrogen and oxygen atoms in total. The number of ether oxygens (including phenoxy) is 1. The van der Waals surface area contributed by atoms with Crippen molar-refractivity contribution in [3.8, 4) is 5.75 Å². The van der Waals surface area contributed by atoms with E-state index in [4.69, 9.17) is 27.6 Å². The predicted octanol–water partition coefficient (Wildman–Crippen LogP) is 1.38. The smallest absolute Gasteiger partial charge is 0.265 e. The van der Waals surface area contributed by atoms with Gasteiger partial charge in [-0.3, -0.25) is 0 Å². The summed E-state index contributed by atoms with van der Waals surface area (Å²) in [6.45, 7) is 0.439. The number of nitrogens with one attached hydrogen (secondary N) is 1. The molecular weight excluding hydrogens is 258 g/mol. The van der Waals surface area contributed by atoms with Gasteiger partial charge in [-0.2, -0.15) is 0 Å². The molecule has 0 bridgehead atoms. The quantitative estimate of drug-likeness (QED) is 0.613. The second-order valence-electron chi connectivity index (χ2n) is 2.93. The number of benzene rings is 1. The van der Waals surface area contributed by atoms with Crippen molar-refractivity contribution in [1.82, 2.24) is 5.32 Å². The number of hydrogen-bond donors (Lipinski definition) is 1. The van der Waals surface area contributed by atoms with Gasteiger partial charge in [-0.05, 0) is 18.3 Å². The van der Waals surface area contributed by atoms with Gasteiger partial charge in [0.05, 0.1) is 0 Å². The van der Waals surface area contributed by atoms with Gasteiger partial charge < -0.3 is 10.1 Å². The lowest BCUT2D eigenvalue weighted by molar-refractivity contribution is 0.482. The topological polar surface area (TPSA) is 55.4 Å². The van der Waals surface area contributed by atoms with Crippen molar-refractivity contribution in [3.05, 3.63) is 23.8 Å². The number of halogens is 1. The lowest BCUT2D eigenvalue weighted by atomic mass is 10.2. The summed E-state index contributed by atoms with van der Waals surface area (Å²) in [4.78, 5) is -0.0504. The highest BCUT2D eigenvalue weighted by Gasteiger charge is 2.23. The van der Waals surface area contributed by atoms with Crippen molar-refractivity contribution in [3.63, 3.8) is 0 Å². The Bertz CT molecular complexity index is 527. The molecule has 0 atom stereocenters. The molecule has 0 spiro atoms. The lowest BCUT2D eigenvalue weighted by Gasteiger charge is -2.20. The fourth-order valence-corrected chi connectivity index (χ4v) is 2.46. The Morgan fingerprint density at radius 3 is 2.87 bits per heavy atom. The molecule has 7 heteroatoms. The molecule has 0 amide bonds. The van der Waals surface area contributed by atoms with Gasteiger partial charge in [-0.25, -0.2) is 8.42 Å². The summed E-state index contributed by atoms with van der Waals surface area (Å²) in [5, 5.41) is 2.94. The zero-order chi connectivity index (χ0) is 11.1. The van der Waals surface area contributed by atoms with E-state index in [1.165, 1.54) is 6.07 Å². The molecule has 1 heterocycles. The van der Waals surface area contributed by atoms with Gasteiger partial charge in [0.2, 0.25) is 0 Å². The SMILES string of the molecule is O=S(=O)(Cl)c1cccc2c1OC(=S)NC2. The van der Waals surface area contributed by atoms with Gasteiger partial charge in [0, 0.05) is 22.8 Å². The lowest BCUT2D eigenvalue weighted by Crippen LogP contribution is -2.31. The Kier molecular flexibility index (Phi) is 2.57. The van der Waals surface area contributed by atoms with Crippen molar-refractivity contribution in [1.29, 1.82) is 0 Å². The number of hydrogen-bond acceptors (Lipinski definition) is 4. The van der Waals surface area contributed by atoms with E-state index < -0.39 is 9.05 Å². The first-order valence-electron chi connectivity index (χ1n) is 4.01. The average molecular weight is 264 g/mol. The molecule has 0 aliphatic carbocycles. The first-order chi connectivity index (χ1) is 6.98. The molecule has 2 rings (SSSR count). The van der Waals surface area contributed by atoms with Gasteiger partial charge in [-0.15, -0.1) is 0 Å². The zero-order valence-electron chi connectivity index (χ0n) is 7.36. The second-order valence-corrected chi connectivity index (χ2v) is 5.83. The first-order valence-corrected chi connectivity index (χ1v) is 6.72. The van der Waals surface area contributed by atoms with Crippen LogP contribution in [0, 0.1) is 0 Å². The summed E-state index contributed by atoms with van der Waals surface area (Å²) in [6, 6.07) is 4.73. The van der Waals surface area contributed by atoms with E-state index in [2.05, 4.69) is 5.32 Å². The van der Waals surface area contributed by atoms with Crippen molar-refractivity contribution >= 4 is 37.1 Å². The Balaban J connectivity index is 2.64. The van der Waals surface area contributed by atoms with Crippen molar-refractivity contribution in [2.75, 3.05) is 0 Å². The summed E-state index contributed by atoms with van der Waals surface area (Å²) in [5.41, 5.74) is 0.713. The van der Waals surface area contributed by atoms with E-state index >= 15 is 0 Å². The van der Waals surface area contributed by atoms with Crippen LogP contribution in [0.4, 0.5) is 0 Å². The van der Waals surface area contributed by atoms with E-state index in [1.807, 2.05) is 0 Å². The average Bonchev–Trinajstić information content (AvgIpc) is 2.15. The fourth-order valence-electron chi connectivity index (χ4n) is 1.30. The van der Waals surface area contributed by atoms with Crippen LogP contribution in [-0.4, -0.2) is 13.6 Å². The van der Waals surface area contributed by atoms with Crippen LogP contribution in [0.3, 0.4) is 0 Å². The van der Waals surface area contributed by atoms with Crippen LogP contribution in [0.2, 0.25) is 0 Å². The third-order valence-electron chi connectivity index (χ3n) is 1.94. The highest BCUT2D eigenvalue weighted by molar-refractivity contribution is 8.13. The minimum Gasteiger partial charge on any atom is -0.430 e. The van der Waals surface area contributed by atoms with E-state index in [0.29, 0.717) is 12.1 Å². The zero-order valence-corrected chi connectivity index (χ0v) is 9.75. The fraction of sp³-hybridized carbons (Fsp3) is 0.125. The molecule has 1 aromatic carbocycles. The maximum Gasteiger partial charge on any atom is 0.265 e. The standard InChI is InChI=1S/C8H6ClNO3S2/c9-15(11,12)6-3-1-2-5-4-10-8(14)13-7(5)6/h1-3H,4H2,(H,10,14). The summed E-state index contributed by atoms with van der Waals surface area (Å²) in [6.07, 6.45) is 0. The molecule has 0 unspecified atom stereocenters. The molecule has 0 radical (unpaired) electrons. The van der Waals surface area contributed by atoms with Gasteiger partial charge in [0.1, 0.15) is 4.90 Å². The van der Waals surface area contributed by atoms with E-state index in [-0.39, 0.29) is 15.8 Å². The highest BCUT2D eigenvalue weighted by Crippen LogP contribution is 2.32. The molecule has 80 valence electrons. The Morgan fingerprint density at radius 2 is 2.20 bits per heavy atom. The summed E-state index contributed by atoms with van der Waals surface area (Å²) in [7, 11) is 1.46. The minimum absolute atomic E-state index is 0.0504. The number of rotatable bonds is 1. The Hall–Kier alpha value is -0.850. The van der Waals surface area contributed by atoms with Crippen molar-refractivity contribution in [2.45, 2.75) is 11.4 Å². The maximum absolute atomic E-state index is 11.2. The van der Waals surface area contributed by atoms with Crippen molar-refractivity contribution in [2.24, 2.45) is 0 Å². The van der Waals surface area contributed by atoms with Crippen LogP contribution in [0.5, 0.6) is 5.75 Å². The van der Waals surface area contributed by atoms with Crippen LogP contribution >= 0.6 is 22.9 Å². The number of thiocarbonyl (C=S) groups is 1. The minimum atomic E-state index is -3.81. The normalized spacial score (nSPS) is 15.1. The third kappa shape index (κ3) is 2.06. The van der Waals surface area contributed by atoms with Crippen molar-refractivity contribution < 1.29 is 13.2 Å². The molecule has 0 aromatic heterocycles. The molecule has 0 saturated heterocycles. The van der Waals surface area contributed by atoms with E-state index in [0.717, 1.165) is 0 Å². The van der Waals surface area contributed by atoms with E-state index in [1.54, 1.807) is 12.1 Å². The summed E-state index contributed by atoms with van der Waals surface area (Å²) in [5.74, 6) is 0.219. The molecule has 1 N–H and O–H groups in total. The van der Waals surface area contributed by atoms with Gasteiger partial charge in [0.15, 0.2) is 5.75 Å². The molecule has 15 heavy (non-hydrogen) atoms. The number of para-hydroxylation sites is 1. The van der Waals surface area contributed by atoms with E-state index in [9.17, 15) is 8.42 Å². The molecule has 0 saturated carbocycles. The molecule has 1 aliphatic rings. The van der Waals surface area contributed by atoms with Crippen LogP contribution in [0.1, 0.15) is 5.56 Å². The molecule has 1 aromatic rings. The van der Waals surface area contributed by atoms with Gasteiger partial charge in [0.25, 0.3) is 14.2 Å². The number of fused-ring (bicyclic) bond motifs is 1. The molecule has 0 fully saturated rings. The Labute approximate surface area is 96.6 Å². The van der Waals surface area contributed by atoms with Crippen LogP contribution in [0.25, 0.3) is 0 Å². The molecule has 1 aliphatic heterocycles. The monoisotopic (exact) mass is 263 g/mol.